The molecule has 1 saturated heterocycles. The Hall–Kier alpha value is -1.23. The van der Waals surface area contributed by atoms with Gasteiger partial charge in [-0.2, -0.15) is 0 Å². The highest BCUT2D eigenvalue weighted by atomic mass is 16.3. The predicted molar refractivity (Wildman–Crippen MR) is 80.0 cm³/mol. The van der Waals surface area contributed by atoms with Crippen LogP contribution in [0, 0.1) is 11.8 Å². The molecule has 0 amide bonds. The number of fused-ring (bicyclic) bond motifs is 1. The molecule has 1 aliphatic carbocycles. The third-order valence-corrected chi connectivity index (χ3v) is 4.95. The van der Waals surface area contributed by atoms with Crippen molar-refractivity contribution in [3.05, 3.63) is 34.4 Å². The van der Waals surface area contributed by atoms with Gasteiger partial charge in [-0.1, -0.05) is 6.07 Å². The highest BCUT2D eigenvalue weighted by Crippen LogP contribution is 2.34. The molecule has 2 aliphatic rings. The maximum Gasteiger partial charge on any atom is 0.166 e. The van der Waals surface area contributed by atoms with E-state index in [0.717, 1.165) is 55.5 Å². The van der Waals surface area contributed by atoms with E-state index in [1.807, 2.05) is 6.07 Å². The lowest BCUT2D eigenvalue weighted by Gasteiger charge is -2.24. The van der Waals surface area contributed by atoms with Crippen LogP contribution in [-0.2, 0) is 19.6 Å². The molecular formula is C17H23NO3. The van der Waals surface area contributed by atoms with Crippen molar-refractivity contribution >= 4 is 5.78 Å². The zero-order chi connectivity index (χ0) is 14.8. The number of carbonyl (C=O) groups excluding carboxylic acids is 1. The molecule has 0 saturated carbocycles. The summed E-state index contributed by atoms with van der Waals surface area (Å²) in [5.74, 6) is 0.954. The average Bonchev–Trinajstić information content (AvgIpc) is 2.82. The number of Topliss-reactive ketones (excluding diaryl/α,β-unsaturated/α-hetero) is 1. The van der Waals surface area contributed by atoms with Gasteiger partial charge in [0.15, 0.2) is 5.78 Å². The number of piperidine rings is 1. The number of nitrogens with one attached hydrogen (secondary N) is 1. The van der Waals surface area contributed by atoms with Gasteiger partial charge in [-0.3, -0.25) is 4.79 Å². The lowest BCUT2D eigenvalue weighted by molar-refractivity contribution is 0.0913. The first-order chi connectivity index (χ1) is 10.2. The van der Waals surface area contributed by atoms with Crippen molar-refractivity contribution in [2.24, 2.45) is 11.8 Å². The Morgan fingerprint density at radius 3 is 2.43 bits per heavy atom. The van der Waals surface area contributed by atoms with Gasteiger partial charge in [-0.25, -0.2) is 0 Å². The standard InChI is InChI=1S/C17H23NO3/c19-9-14-7-12-6-13(5-11-1-3-18-4-2-11)17(21)16(12)8-15(14)10-20/h7-8,11,13,18-20H,1-6,9-10H2. The van der Waals surface area contributed by atoms with Crippen molar-refractivity contribution in [1.82, 2.24) is 5.32 Å². The molecule has 3 N–H and O–H groups in total. The normalized spacial score (nSPS) is 22.6. The third kappa shape index (κ3) is 2.89. The number of benzene rings is 1. The smallest absolute Gasteiger partial charge is 0.166 e. The Labute approximate surface area is 125 Å². The fourth-order valence-electron chi connectivity index (χ4n) is 3.72. The van der Waals surface area contributed by atoms with Crippen LogP contribution in [0.15, 0.2) is 12.1 Å². The molecule has 0 radical (unpaired) electrons. The summed E-state index contributed by atoms with van der Waals surface area (Å²) in [5, 5.41) is 22.1. The van der Waals surface area contributed by atoms with Gasteiger partial charge < -0.3 is 15.5 Å². The number of aliphatic hydroxyl groups excluding tert-OH is 2. The highest BCUT2D eigenvalue weighted by molar-refractivity contribution is 6.02. The SMILES string of the molecule is O=C1c2cc(CO)c(CO)cc2CC1CC1CCNCC1. The van der Waals surface area contributed by atoms with Crippen molar-refractivity contribution in [2.75, 3.05) is 13.1 Å². The Bertz CT molecular complexity index is 535. The minimum absolute atomic E-state index is 0.0867. The molecular weight excluding hydrogens is 266 g/mol. The van der Waals surface area contributed by atoms with Crippen LogP contribution in [0.25, 0.3) is 0 Å². The van der Waals surface area contributed by atoms with Crippen molar-refractivity contribution in [1.29, 1.82) is 0 Å². The first kappa shape index (κ1) is 14.7. The summed E-state index contributed by atoms with van der Waals surface area (Å²) in [7, 11) is 0. The largest absolute Gasteiger partial charge is 0.392 e. The Morgan fingerprint density at radius 1 is 1.10 bits per heavy atom. The molecule has 21 heavy (non-hydrogen) atoms. The molecule has 0 aromatic heterocycles. The van der Waals surface area contributed by atoms with E-state index < -0.39 is 0 Å². The van der Waals surface area contributed by atoms with Crippen LogP contribution in [-0.4, -0.2) is 29.1 Å². The van der Waals surface area contributed by atoms with Gasteiger partial charge >= 0.3 is 0 Å². The van der Waals surface area contributed by atoms with Gasteiger partial charge in [0.2, 0.25) is 0 Å². The van der Waals surface area contributed by atoms with Gasteiger partial charge in [-0.15, -0.1) is 0 Å². The lowest BCUT2D eigenvalue weighted by Crippen LogP contribution is -2.29. The van der Waals surface area contributed by atoms with Crippen molar-refractivity contribution in [3.8, 4) is 0 Å². The fraction of sp³-hybridized carbons (Fsp3) is 0.588. The maximum absolute atomic E-state index is 12.6. The van der Waals surface area contributed by atoms with E-state index in [9.17, 15) is 15.0 Å². The number of hydrogen-bond acceptors (Lipinski definition) is 4. The molecule has 1 heterocycles. The van der Waals surface area contributed by atoms with Crippen LogP contribution >= 0.6 is 0 Å². The minimum atomic E-state index is -0.130. The molecule has 1 unspecified atom stereocenters. The topological polar surface area (TPSA) is 69.6 Å². The van der Waals surface area contributed by atoms with Crippen LogP contribution in [0.3, 0.4) is 0 Å². The highest BCUT2D eigenvalue weighted by Gasteiger charge is 2.33. The van der Waals surface area contributed by atoms with Crippen LogP contribution < -0.4 is 5.32 Å². The summed E-state index contributed by atoms with van der Waals surface area (Å²) in [5.41, 5.74) is 3.22. The maximum atomic E-state index is 12.6. The summed E-state index contributed by atoms with van der Waals surface area (Å²) in [6.07, 6.45) is 4.07. The third-order valence-electron chi connectivity index (χ3n) is 4.95. The van der Waals surface area contributed by atoms with E-state index in [1.165, 1.54) is 0 Å². The van der Waals surface area contributed by atoms with E-state index in [-0.39, 0.29) is 24.9 Å². The first-order valence-electron chi connectivity index (χ1n) is 7.84. The van der Waals surface area contributed by atoms with Gasteiger partial charge in [0.05, 0.1) is 13.2 Å². The van der Waals surface area contributed by atoms with E-state index in [4.69, 9.17) is 0 Å². The fourth-order valence-corrected chi connectivity index (χ4v) is 3.72. The molecule has 0 bridgehead atoms. The molecule has 0 spiro atoms. The van der Waals surface area contributed by atoms with Gasteiger partial charge in [-0.05, 0) is 67.4 Å². The molecule has 3 rings (SSSR count). The second-order valence-corrected chi connectivity index (χ2v) is 6.29. The number of hydrogen-bond donors (Lipinski definition) is 3. The summed E-state index contributed by atoms with van der Waals surface area (Å²) >= 11 is 0. The number of aliphatic hydroxyl groups is 2. The zero-order valence-electron chi connectivity index (χ0n) is 12.3. The Kier molecular flexibility index (Phi) is 4.38. The second kappa shape index (κ2) is 6.26. The summed E-state index contributed by atoms with van der Waals surface area (Å²) in [4.78, 5) is 12.6. The van der Waals surface area contributed by atoms with Crippen molar-refractivity contribution in [3.63, 3.8) is 0 Å². The van der Waals surface area contributed by atoms with E-state index in [1.54, 1.807) is 6.07 Å². The summed E-state index contributed by atoms with van der Waals surface area (Å²) in [6.45, 7) is 1.90. The minimum Gasteiger partial charge on any atom is -0.392 e. The summed E-state index contributed by atoms with van der Waals surface area (Å²) in [6, 6.07) is 3.69. The molecule has 1 aromatic carbocycles. The van der Waals surface area contributed by atoms with Crippen LogP contribution in [0.1, 0.15) is 46.3 Å². The van der Waals surface area contributed by atoms with Crippen LogP contribution in [0.5, 0.6) is 0 Å². The quantitative estimate of drug-likeness (QED) is 0.784. The summed E-state index contributed by atoms with van der Waals surface area (Å²) < 4.78 is 0. The number of rotatable bonds is 4. The van der Waals surface area contributed by atoms with E-state index >= 15 is 0 Å². The molecule has 1 aromatic rings. The van der Waals surface area contributed by atoms with Gasteiger partial charge in [0.25, 0.3) is 0 Å². The number of ketones is 1. The number of carbonyl (C=O) groups is 1. The molecule has 114 valence electrons. The van der Waals surface area contributed by atoms with E-state index in [0.29, 0.717) is 11.5 Å². The van der Waals surface area contributed by atoms with Crippen LogP contribution in [0.4, 0.5) is 0 Å². The first-order valence-corrected chi connectivity index (χ1v) is 7.84. The molecule has 4 heteroatoms. The van der Waals surface area contributed by atoms with Crippen LogP contribution in [0.2, 0.25) is 0 Å². The molecule has 1 fully saturated rings. The monoisotopic (exact) mass is 289 g/mol. The van der Waals surface area contributed by atoms with Crippen molar-refractivity contribution in [2.45, 2.75) is 38.9 Å². The van der Waals surface area contributed by atoms with Gasteiger partial charge in [0.1, 0.15) is 0 Å². The molecule has 4 nitrogen and oxygen atoms in total. The molecule has 1 aliphatic heterocycles. The average molecular weight is 289 g/mol. The lowest BCUT2D eigenvalue weighted by atomic mass is 9.86. The molecule has 1 atom stereocenters. The van der Waals surface area contributed by atoms with Crippen molar-refractivity contribution < 1.29 is 15.0 Å². The second-order valence-electron chi connectivity index (χ2n) is 6.29. The van der Waals surface area contributed by atoms with Gasteiger partial charge in [0, 0.05) is 11.5 Å². The Balaban J connectivity index is 1.78. The van der Waals surface area contributed by atoms with E-state index in [2.05, 4.69) is 5.32 Å². The zero-order valence-corrected chi connectivity index (χ0v) is 12.3. The Morgan fingerprint density at radius 2 is 1.76 bits per heavy atom. The predicted octanol–water partition coefficient (Wildman–Crippen LogP) is 1.42.